The van der Waals surface area contributed by atoms with Gasteiger partial charge < -0.3 is 11.1 Å². The van der Waals surface area contributed by atoms with Gasteiger partial charge in [-0.25, -0.2) is 4.98 Å². The van der Waals surface area contributed by atoms with Crippen molar-refractivity contribution in [3.05, 3.63) is 96.1 Å². The molecule has 0 bridgehead atoms. The molecule has 1 atom stereocenters. The van der Waals surface area contributed by atoms with Crippen LogP contribution < -0.4 is 11.1 Å². The average molecular weight is 398 g/mol. The van der Waals surface area contributed by atoms with E-state index in [2.05, 4.69) is 20.5 Å². The van der Waals surface area contributed by atoms with Gasteiger partial charge in [-0.3, -0.25) is 14.9 Å². The second-order valence-electron chi connectivity index (χ2n) is 6.85. The molecule has 150 valence electrons. The molecule has 4 rings (SSSR count). The maximum absolute atomic E-state index is 12.3. The van der Waals surface area contributed by atoms with E-state index in [9.17, 15) is 4.79 Å². The maximum Gasteiger partial charge on any atom is 0.231 e. The van der Waals surface area contributed by atoms with Crippen LogP contribution in [0.15, 0.2) is 79.1 Å². The Labute approximate surface area is 174 Å². The first-order valence-electron chi connectivity index (χ1n) is 9.71. The highest BCUT2D eigenvalue weighted by atomic mass is 16.1. The number of nitrogens with two attached hydrogens (primary N) is 1. The topological polar surface area (TPSA) is 110 Å². The third-order valence-electron chi connectivity index (χ3n) is 4.82. The number of amides is 1. The van der Waals surface area contributed by atoms with Crippen LogP contribution in [-0.4, -0.2) is 32.6 Å². The second kappa shape index (κ2) is 9.00. The fourth-order valence-corrected chi connectivity index (χ4v) is 3.37. The first-order chi connectivity index (χ1) is 14.7. The summed E-state index contributed by atoms with van der Waals surface area (Å²) in [6, 6.07) is 21.3. The summed E-state index contributed by atoms with van der Waals surface area (Å²) >= 11 is 0. The lowest BCUT2D eigenvalue weighted by atomic mass is 9.94. The van der Waals surface area contributed by atoms with E-state index in [-0.39, 0.29) is 0 Å². The fourth-order valence-electron chi connectivity index (χ4n) is 3.37. The molecular weight excluding hydrogens is 376 g/mol. The smallest absolute Gasteiger partial charge is 0.231 e. The Morgan fingerprint density at radius 1 is 1.00 bits per heavy atom. The molecule has 0 spiro atoms. The predicted molar refractivity (Wildman–Crippen MR) is 116 cm³/mol. The van der Waals surface area contributed by atoms with Crippen molar-refractivity contribution in [3.8, 4) is 11.3 Å². The summed E-state index contributed by atoms with van der Waals surface area (Å²) in [5.41, 5.74) is 9.86. The molecule has 0 saturated heterocycles. The quantitative estimate of drug-likeness (QED) is 0.422. The Morgan fingerprint density at radius 3 is 2.53 bits per heavy atom. The Kier molecular flexibility index (Phi) is 5.80. The predicted octanol–water partition coefficient (Wildman–Crippen LogP) is 3.14. The van der Waals surface area contributed by atoms with Crippen LogP contribution in [0.3, 0.4) is 0 Å². The number of primary amides is 1. The molecule has 0 aliphatic rings. The number of carbonyl (C=O) groups is 1. The lowest BCUT2D eigenvalue weighted by Gasteiger charge is -2.18. The highest BCUT2D eigenvalue weighted by molar-refractivity contribution is 5.87. The van der Waals surface area contributed by atoms with E-state index in [1.165, 1.54) is 0 Å². The minimum absolute atomic E-state index is 0.471. The molecule has 3 aromatic heterocycles. The van der Waals surface area contributed by atoms with E-state index in [0.717, 1.165) is 23.4 Å². The zero-order valence-corrected chi connectivity index (χ0v) is 16.3. The van der Waals surface area contributed by atoms with E-state index in [1.54, 1.807) is 18.5 Å². The molecule has 0 aliphatic carbocycles. The number of H-pyrrole nitrogens is 1. The van der Waals surface area contributed by atoms with Crippen molar-refractivity contribution in [2.24, 2.45) is 5.73 Å². The molecule has 0 saturated carbocycles. The van der Waals surface area contributed by atoms with Crippen LogP contribution >= 0.6 is 0 Å². The monoisotopic (exact) mass is 398 g/mol. The van der Waals surface area contributed by atoms with E-state index in [4.69, 9.17) is 10.7 Å². The van der Waals surface area contributed by atoms with Gasteiger partial charge in [-0.2, -0.15) is 5.10 Å². The van der Waals surface area contributed by atoms with Crippen molar-refractivity contribution in [1.82, 2.24) is 20.2 Å². The average Bonchev–Trinajstić information content (AvgIpc) is 3.30. The molecule has 30 heavy (non-hydrogen) atoms. The van der Waals surface area contributed by atoms with Crippen LogP contribution in [-0.2, 0) is 11.2 Å². The molecule has 1 unspecified atom stereocenters. The summed E-state index contributed by atoms with van der Waals surface area (Å²) in [5.74, 6) is -0.533. The van der Waals surface area contributed by atoms with Crippen LogP contribution in [0.25, 0.3) is 11.3 Å². The summed E-state index contributed by atoms with van der Waals surface area (Å²) in [7, 11) is 0. The lowest BCUT2D eigenvalue weighted by Crippen LogP contribution is -2.24. The third-order valence-corrected chi connectivity index (χ3v) is 4.82. The molecular formula is C23H22N6O. The highest BCUT2D eigenvalue weighted by Crippen LogP contribution is 2.30. The van der Waals surface area contributed by atoms with Gasteiger partial charge in [-0.05, 0) is 24.3 Å². The SMILES string of the molecule is NC(=O)C(c1ccn[nH]1)c1ccc(-c2ccccc2)nc1NCCc1ccccn1. The van der Waals surface area contributed by atoms with Gasteiger partial charge in [0.25, 0.3) is 0 Å². The van der Waals surface area contributed by atoms with Gasteiger partial charge in [0.15, 0.2) is 0 Å². The number of aromatic nitrogens is 4. The Morgan fingerprint density at radius 2 is 1.83 bits per heavy atom. The van der Waals surface area contributed by atoms with Gasteiger partial charge in [0.05, 0.1) is 11.4 Å². The van der Waals surface area contributed by atoms with E-state index >= 15 is 0 Å². The number of nitrogens with one attached hydrogen (secondary N) is 2. The molecule has 7 nitrogen and oxygen atoms in total. The summed E-state index contributed by atoms with van der Waals surface area (Å²) in [6.07, 6.45) is 4.10. The molecule has 0 aliphatic heterocycles. The zero-order chi connectivity index (χ0) is 20.8. The first-order valence-corrected chi connectivity index (χ1v) is 9.71. The van der Waals surface area contributed by atoms with Gasteiger partial charge in [0, 0.05) is 42.2 Å². The number of hydrogen-bond donors (Lipinski definition) is 3. The van der Waals surface area contributed by atoms with Gasteiger partial charge in [0.1, 0.15) is 11.7 Å². The summed E-state index contributed by atoms with van der Waals surface area (Å²) in [5, 5.41) is 10.2. The number of aromatic amines is 1. The number of nitrogens with zero attached hydrogens (tertiary/aromatic N) is 3. The molecule has 4 aromatic rings. The lowest BCUT2D eigenvalue weighted by molar-refractivity contribution is -0.118. The van der Waals surface area contributed by atoms with Crippen molar-refractivity contribution < 1.29 is 4.79 Å². The standard InChI is InChI=1S/C23H22N6O/c24-22(30)21(20-12-15-27-29-20)18-9-10-19(16-6-2-1-3-7-16)28-23(18)26-14-11-17-8-4-5-13-25-17/h1-10,12-13,15,21H,11,14H2,(H2,24,30)(H,26,28)(H,27,29). The summed E-state index contributed by atoms with van der Waals surface area (Å²) < 4.78 is 0. The first kappa shape index (κ1) is 19.3. The minimum atomic E-state index is -0.679. The van der Waals surface area contributed by atoms with Gasteiger partial charge in [-0.15, -0.1) is 0 Å². The third kappa shape index (κ3) is 4.35. The largest absolute Gasteiger partial charge is 0.369 e. The van der Waals surface area contributed by atoms with Crippen LogP contribution in [0.1, 0.15) is 22.9 Å². The van der Waals surface area contributed by atoms with Crippen molar-refractivity contribution in [1.29, 1.82) is 0 Å². The van der Waals surface area contributed by atoms with Crippen LogP contribution in [0, 0.1) is 0 Å². The number of rotatable bonds is 8. The molecule has 0 radical (unpaired) electrons. The van der Waals surface area contributed by atoms with Crippen LogP contribution in [0.4, 0.5) is 5.82 Å². The fraction of sp³-hybridized carbons (Fsp3) is 0.130. The van der Waals surface area contributed by atoms with Gasteiger partial charge in [-0.1, -0.05) is 42.5 Å². The molecule has 1 aromatic carbocycles. The van der Waals surface area contributed by atoms with Gasteiger partial charge >= 0.3 is 0 Å². The van der Waals surface area contributed by atoms with Gasteiger partial charge in [0.2, 0.25) is 5.91 Å². The molecule has 4 N–H and O–H groups in total. The molecule has 3 heterocycles. The summed E-state index contributed by atoms with van der Waals surface area (Å²) in [4.78, 5) is 21.5. The Hall–Kier alpha value is -4.00. The van der Waals surface area contributed by atoms with Crippen molar-refractivity contribution in [2.75, 3.05) is 11.9 Å². The van der Waals surface area contributed by atoms with Crippen LogP contribution in [0.5, 0.6) is 0 Å². The maximum atomic E-state index is 12.3. The van der Waals surface area contributed by atoms with Crippen molar-refractivity contribution in [3.63, 3.8) is 0 Å². The van der Waals surface area contributed by atoms with Crippen molar-refractivity contribution in [2.45, 2.75) is 12.3 Å². The zero-order valence-electron chi connectivity index (χ0n) is 16.3. The summed E-state index contributed by atoms with van der Waals surface area (Å²) in [6.45, 7) is 0.615. The minimum Gasteiger partial charge on any atom is -0.369 e. The molecule has 1 amide bonds. The van der Waals surface area contributed by atoms with Crippen molar-refractivity contribution >= 4 is 11.7 Å². The Balaban J connectivity index is 1.68. The molecule has 0 fully saturated rings. The Bertz CT molecular complexity index is 1100. The van der Waals surface area contributed by atoms with E-state index < -0.39 is 11.8 Å². The number of pyridine rings is 2. The number of anilines is 1. The number of carbonyl (C=O) groups excluding carboxylic acids is 1. The second-order valence-corrected chi connectivity index (χ2v) is 6.85. The van der Waals surface area contributed by atoms with E-state index in [0.29, 0.717) is 23.6 Å². The van der Waals surface area contributed by atoms with Crippen LogP contribution in [0.2, 0.25) is 0 Å². The van der Waals surface area contributed by atoms with E-state index in [1.807, 2.05) is 60.7 Å². The highest BCUT2D eigenvalue weighted by Gasteiger charge is 2.25. The normalized spacial score (nSPS) is 11.7. The molecule has 7 heteroatoms. The number of hydrogen-bond acceptors (Lipinski definition) is 5. The number of benzene rings is 1.